The van der Waals surface area contributed by atoms with E-state index in [4.69, 9.17) is 16.1 Å². The fourth-order valence-electron chi connectivity index (χ4n) is 1.78. The molecule has 0 saturated heterocycles. The molecule has 1 aromatic carbocycles. The molecule has 0 spiro atoms. The Morgan fingerprint density at radius 1 is 1.33 bits per heavy atom. The highest BCUT2D eigenvalue weighted by Crippen LogP contribution is 2.28. The molecule has 94 valence electrons. The van der Waals surface area contributed by atoms with Crippen LogP contribution in [0.4, 0.5) is 0 Å². The minimum absolute atomic E-state index is 0.545. The van der Waals surface area contributed by atoms with Gasteiger partial charge in [0, 0.05) is 5.56 Å². The molecule has 0 amide bonds. The molecule has 18 heavy (non-hydrogen) atoms. The van der Waals surface area contributed by atoms with E-state index in [0.29, 0.717) is 23.3 Å². The van der Waals surface area contributed by atoms with Crippen molar-refractivity contribution in [1.29, 1.82) is 0 Å². The molecule has 1 fully saturated rings. The van der Waals surface area contributed by atoms with Gasteiger partial charge in [0.25, 0.3) is 0 Å². The van der Waals surface area contributed by atoms with Crippen molar-refractivity contribution in [2.45, 2.75) is 19.4 Å². The first-order chi connectivity index (χ1) is 8.83. The molecule has 1 heterocycles. The van der Waals surface area contributed by atoms with Crippen LogP contribution in [0.1, 0.15) is 18.7 Å². The van der Waals surface area contributed by atoms with Crippen molar-refractivity contribution in [3.63, 3.8) is 0 Å². The van der Waals surface area contributed by atoms with Gasteiger partial charge >= 0.3 is 0 Å². The van der Waals surface area contributed by atoms with Crippen molar-refractivity contribution < 1.29 is 4.52 Å². The van der Waals surface area contributed by atoms with Crippen LogP contribution in [0.15, 0.2) is 28.8 Å². The maximum atomic E-state index is 6.08. The number of benzene rings is 1. The minimum Gasteiger partial charge on any atom is -0.338 e. The smallest absolute Gasteiger partial charge is 0.240 e. The number of halogens is 1. The molecule has 0 radical (unpaired) electrons. The van der Waals surface area contributed by atoms with Gasteiger partial charge in [-0.3, -0.25) is 0 Å². The Bertz CT molecular complexity index is 537. The molecule has 1 saturated carbocycles. The van der Waals surface area contributed by atoms with Crippen LogP contribution in [0.3, 0.4) is 0 Å². The number of rotatable bonds is 5. The van der Waals surface area contributed by atoms with E-state index in [9.17, 15) is 0 Å². The highest BCUT2D eigenvalue weighted by atomic mass is 35.5. The first kappa shape index (κ1) is 11.7. The van der Waals surface area contributed by atoms with E-state index in [1.807, 2.05) is 24.3 Å². The summed E-state index contributed by atoms with van der Waals surface area (Å²) >= 11 is 6.08. The van der Waals surface area contributed by atoms with Gasteiger partial charge in [0.15, 0.2) is 0 Å². The van der Waals surface area contributed by atoms with Crippen LogP contribution in [0, 0.1) is 5.92 Å². The lowest BCUT2D eigenvalue weighted by Crippen LogP contribution is -2.16. The van der Waals surface area contributed by atoms with E-state index in [0.717, 1.165) is 18.0 Å². The van der Waals surface area contributed by atoms with Gasteiger partial charge in [-0.2, -0.15) is 4.98 Å². The molecule has 0 aliphatic heterocycles. The van der Waals surface area contributed by atoms with Gasteiger partial charge in [0.05, 0.1) is 11.6 Å². The van der Waals surface area contributed by atoms with Crippen molar-refractivity contribution in [1.82, 2.24) is 15.5 Å². The highest BCUT2D eigenvalue weighted by Gasteiger charge is 2.20. The third kappa shape index (κ3) is 2.71. The molecule has 5 heteroatoms. The Morgan fingerprint density at radius 3 is 2.94 bits per heavy atom. The summed E-state index contributed by atoms with van der Waals surface area (Å²) in [4.78, 5) is 4.33. The molecule has 1 aromatic heterocycles. The lowest BCUT2D eigenvalue weighted by Gasteiger charge is -1.97. The first-order valence-corrected chi connectivity index (χ1v) is 6.49. The van der Waals surface area contributed by atoms with Crippen LogP contribution in [0.5, 0.6) is 0 Å². The zero-order valence-electron chi connectivity index (χ0n) is 9.90. The van der Waals surface area contributed by atoms with Crippen LogP contribution < -0.4 is 5.32 Å². The van der Waals surface area contributed by atoms with Crippen molar-refractivity contribution in [2.75, 3.05) is 6.54 Å². The Hall–Kier alpha value is -1.39. The van der Waals surface area contributed by atoms with Gasteiger partial charge < -0.3 is 9.84 Å². The maximum Gasteiger partial charge on any atom is 0.240 e. The van der Waals surface area contributed by atoms with Gasteiger partial charge in [-0.15, -0.1) is 0 Å². The largest absolute Gasteiger partial charge is 0.338 e. The topological polar surface area (TPSA) is 51.0 Å². The molecule has 1 N–H and O–H groups in total. The van der Waals surface area contributed by atoms with Gasteiger partial charge in [-0.25, -0.2) is 0 Å². The van der Waals surface area contributed by atoms with Crippen molar-refractivity contribution >= 4 is 11.6 Å². The maximum absolute atomic E-state index is 6.08. The fraction of sp³-hybridized carbons (Fsp3) is 0.385. The second-order valence-electron chi connectivity index (χ2n) is 4.57. The molecular weight excluding hydrogens is 250 g/mol. The third-order valence-corrected chi connectivity index (χ3v) is 3.32. The summed E-state index contributed by atoms with van der Waals surface area (Å²) in [6.45, 7) is 1.65. The Balaban J connectivity index is 1.66. The number of nitrogens with zero attached hydrogens (tertiary/aromatic N) is 2. The molecule has 3 rings (SSSR count). The van der Waals surface area contributed by atoms with Crippen LogP contribution in [0.25, 0.3) is 11.4 Å². The zero-order valence-corrected chi connectivity index (χ0v) is 10.7. The monoisotopic (exact) mass is 263 g/mol. The van der Waals surface area contributed by atoms with Gasteiger partial charge in [-0.05, 0) is 37.4 Å². The van der Waals surface area contributed by atoms with Crippen LogP contribution >= 0.6 is 11.6 Å². The summed E-state index contributed by atoms with van der Waals surface area (Å²) in [5.74, 6) is 1.99. The Labute approximate surface area is 110 Å². The quantitative estimate of drug-likeness (QED) is 0.901. The van der Waals surface area contributed by atoms with Gasteiger partial charge in [-0.1, -0.05) is 28.9 Å². The molecule has 4 nitrogen and oxygen atoms in total. The fourth-order valence-corrected chi connectivity index (χ4v) is 2.00. The standard InChI is InChI=1S/C13H14ClN3O/c14-11-4-2-1-3-10(11)13-16-12(18-17-13)8-15-7-9-5-6-9/h1-4,9,15H,5-8H2. The lowest BCUT2D eigenvalue weighted by molar-refractivity contribution is 0.367. The van der Waals surface area contributed by atoms with Crippen LogP contribution in [0.2, 0.25) is 5.02 Å². The lowest BCUT2D eigenvalue weighted by atomic mass is 10.2. The molecule has 0 bridgehead atoms. The molecule has 0 unspecified atom stereocenters. The predicted molar refractivity (Wildman–Crippen MR) is 69.2 cm³/mol. The third-order valence-electron chi connectivity index (χ3n) is 2.99. The van der Waals surface area contributed by atoms with Crippen molar-refractivity contribution in [3.8, 4) is 11.4 Å². The number of aromatic nitrogens is 2. The second kappa shape index (κ2) is 5.08. The second-order valence-corrected chi connectivity index (χ2v) is 4.97. The normalized spacial score (nSPS) is 14.9. The number of hydrogen-bond donors (Lipinski definition) is 1. The van der Waals surface area contributed by atoms with E-state index in [2.05, 4.69) is 15.5 Å². The van der Waals surface area contributed by atoms with E-state index >= 15 is 0 Å². The van der Waals surface area contributed by atoms with Gasteiger partial charge in [0.1, 0.15) is 0 Å². The number of nitrogens with one attached hydrogen (secondary N) is 1. The summed E-state index contributed by atoms with van der Waals surface area (Å²) in [6, 6.07) is 7.49. The summed E-state index contributed by atoms with van der Waals surface area (Å²) in [6.07, 6.45) is 2.67. The average Bonchev–Trinajstić information content (AvgIpc) is 3.08. The highest BCUT2D eigenvalue weighted by molar-refractivity contribution is 6.33. The zero-order chi connectivity index (χ0) is 12.4. The molecule has 1 aliphatic carbocycles. The minimum atomic E-state index is 0.545. The van der Waals surface area contributed by atoms with E-state index < -0.39 is 0 Å². The predicted octanol–water partition coefficient (Wildman–Crippen LogP) is 2.89. The van der Waals surface area contributed by atoms with Crippen molar-refractivity contribution in [3.05, 3.63) is 35.2 Å². The molecular formula is C13H14ClN3O. The summed E-state index contributed by atoms with van der Waals surface area (Å²) in [5, 5.41) is 7.90. The van der Waals surface area contributed by atoms with Crippen molar-refractivity contribution in [2.24, 2.45) is 5.92 Å². The molecule has 2 aromatic rings. The van der Waals surface area contributed by atoms with Crippen LogP contribution in [-0.2, 0) is 6.54 Å². The van der Waals surface area contributed by atoms with Crippen LogP contribution in [-0.4, -0.2) is 16.7 Å². The first-order valence-electron chi connectivity index (χ1n) is 6.11. The van der Waals surface area contributed by atoms with E-state index in [1.165, 1.54) is 12.8 Å². The average molecular weight is 264 g/mol. The van der Waals surface area contributed by atoms with E-state index in [1.54, 1.807) is 0 Å². The summed E-state index contributed by atoms with van der Waals surface area (Å²) in [5.41, 5.74) is 0.802. The molecule has 1 aliphatic rings. The Kier molecular flexibility index (Phi) is 3.30. The summed E-state index contributed by atoms with van der Waals surface area (Å²) < 4.78 is 5.19. The molecule has 0 atom stereocenters. The SMILES string of the molecule is Clc1ccccc1-c1noc(CNCC2CC2)n1. The Morgan fingerprint density at radius 2 is 2.17 bits per heavy atom. The van der Waals surface area contributed by atoms with E-state index in [-0.39, 0.29) is 0 Å². The van der Waals surface area contributed by atoms with Gasteiger partial charge in [0.2, 0.25) is 11.7 Å². The number of hydrogen-bond acceptors (Lipinski definition) is 4. The summed E-state index contributed by atoms with van der Waals surface area (Å²) in [7, 11) is 0.